The number of hydrogen-bond acceptors (Lipinski definition) is 3. The standard InChI is InChI=1S/C14H16F3N3O2/c15-14(16,17)10-8-18-6-5-9(10)7-19-13(22)11-3-1-2-4-12(21)20-11/h5-6,8,11H,1-4,7H2,(H,19,22)(H,20,21). The third-order valence-corrected chi connectivity index (χ3v) is 3.47. The van der Waals surface area contributed by atoms with Gasteiger partial charge in [0, 0.05) is 25.4 Å². The Hall–Kier alpha value is -2.12. The molecule has 0 aliphatic carbocycles. The van der Waals surface area contributed by atoms with E-state index in [1.54, 1.807) is 0 Å². The first kappa shape index (κ1) is 16.3. The molecule has 2 N–H and O–H groups in total. The fourth-order valence-electron chi connectivity index (χ4n) is 2.31. The summed E-state index contributed by atoms with van der Waals surface area (Å²) in [4.78, 5) is 26.9. The number of alkyl halides is 3. The number of amides is 2. The summed E-state index contributed by atoms with van der Waals surface area (Å²) in [6.45, 7) is -0.261. The molecule has 2 heterocycles. The van der Waals surface area contributed by atoms with Gasteiger partial charge in [0.05, 0.1) is 5.56 Å². The maximum atomic E-state index is 12.8. The molecule has 1 fully saturated rings. The number of carbonyl (C=O) groups excluding carboxylic acids is 2. The molecule has 1 aliphatic heterocycles. The third kappa shape index (κ3) is 4.19. The summed E-state index contributed by atoms with van der Waals surface area (Å²) in [5, 5.41) is 5.02. The maximum Gasteiger partial charge on any atom is 0.418 e. The van der Waals surface area contributed by atoms with Crippen molar-refractivity contribution in [2.75, 3.05) is 0 Å². The molecule has 1 aromatic rings. The Kier molecular flexibility index (Phi) is 4.99. The van der Waals surface area contributed by atoms with Crippen molar-refractivity contribution in [3.63, 3.8) is 0 Å². The van der Waals surface area contributed by atoms with E-state index in [1.807, 2.05) is 0 Å². The third-order valence-electron chi connectivity index (χ3n) is 3.47. The lowest BCUT2D eigenvalue weighted by Gasteiger charge is -2.17. The number of hydrogen-bond donors (Lipinski definition) is 2. The molecular formula is C14H16F3N3O2. The van der Waals surface area contributed by atoms with Crippen molar-refractivity contribution < 1.29 is 22.8 Å². The lowest BCUT2D eigenvalue weighted by Crippen LogP contribution is -2.45. The van der Waals surface area contributed by atoms with E-state index in [-0.39, 0.29) is 18.0 Å². The molecule has 120 valence electrons. The number of pyridine rings is 1. The van der Waals surface area contributed by atoms with Crippen LogP contribution in [0.4, 0.5) is 13.2 Å². The van der Waals surface area contributed by atoms with E-state index in [2.05, 4.69) is 15.6 Å². The summed E-state index contributed by atoms with van der Waals surface area (Å²) in [6, 6.07) is 0.528. The first-order chi connectivity index (χ1) is 10.4. The summed E-state index contributed by atoms with van der Waals surface area (Å²) >= 11 is 0. The van der Waals surface area contributed by atoms with Crippen LogP contribution in [0.5, 0.6) is 0 Å². The van der Waals surface area contributed by atoms with Crippen LogP contribution >= 0.6 is 0 Å². The second-order valence-electron chi connectivity index (χ2n) is 5.11. The van der Waals surface area contributed by atoms with E-state index < -0.39 is 23.7 Å². The molecule has 0 radical (unpaired) electrons. The van der Waals surface area contributed by atoms with Gasteiger partial charge < -0.3 is 10.6 Å². The topological polar surface area (TPSA) is 71.1 Å². The molecule has 1 atom stereocenters. The van der Waals surface area contributed by atoms with Crippen LogP contribution in [0, 0.1) is 0 Å². The van der Waals surface area contributed by atoms with Crippen LogP contribution in [0.2, 0.25) is 0 Å². The number of nitrogens with one attached hydrogen (secondary N) is 2. The molecule has 1 aromatic heterocycles. The summed E-state index contributed by atoms with van der Waals surface area (Å²) in [5.41, 5.74) is -0.934. The normalized spacial score (nSPS) is 19.2. The number of aromatic nitrogens is 1. The van der Waals surface area contributed by atoms with E-state index in [0.29, 0.717) is 19.3 Å². The second kappa shape index (κ2) is 6.76. The first-order valence-corrected chi connectivity index (χ1v) is 6.95. The van der Waals surface area contributed by atoms with Crippen molar-refractivity contribution in [1.82, 2.24) is 15.6 Å². The van der Waals surface area contributed by atoms with Gasteiger partial charge >= 0.3 is 6.18 Å². The van der Waals surface area contributed by atoms with Gasteiger partial charge in [-0.2, -0.15) is 13.2 Å². The van der Waals surface area contributed by atoms with E-state index >= 15 is 0 Å². The van der Waals surface area contributed by atoms with Gasteiger partial charge in [0.2, 0.25) is 11.8 Å². The molecule has 0 aromatic carbocycles. The van der Waals surface area contributed by atoms with E-state index in [4.69, 9.17) is 0 Å². The highest BCUT2D eigenvalue weighted by Crippen LogP contribution is 2.31. The molecule has 1 saturated heterocycles. The van der Waals surface area contributed by atoms with Crippen LogP contribution in [-0.2, 0) is 22.3 Å². The van der Waals surface area contributed by atoms with Crippen molar-refractivity contribution in [2.45, 2.75) is 44.4 Å². The molecule has 1 unspecified atom stereocenters. The van der Waals surface area contributed by atoms with E-state index in [1.165, 1.54) is 12.3 Å². The van der Waals surface area contributed by atoms with Gasteiger partial charge in [-0.25, -0.2) is 0 Å². The fraction of sp³-hybridized carbons (Fsp3) is 0.500. The number of nitrogens with zero attached hydrogens (tertiary/aromatic N) is 1. The summed E-state index contributed by atoms with van der Waals surface area (Å²) in [5.74, 6) is -0.683. The Morgan fingerprint density at radius 3 is 2.91 bits per heavy atom. The number of rotatable bonds is 3. The van der Waals surface area contributed by atoms with Crippen molar-refractivity contribution in [1.29, 1.82) is 0 Å². The first-order valence-electron chi connectivity index (χ1n) is 6.95. The van der Waals surface area contributed by atoms with Gasteiger partial charge in [-0.1, -0.05) is 6.42 Å². The molecule has 2 rings (SSSR count). The van der Waals surface area contributed by atoms with Gasteiger partial charge in [-0.15, -0.1) is 0 Å². The molecule has 22 heavy (non-hydrogen) atoms. The lowest BCUT2D eigenvalue weighted by molar-refractivity contribution is -0.138. The molecular weight excluding hydrogens is 299 g/mol. The lowest BCUT2D eigenvalue weighted by atomic mass is 10.1. The Bertz CT molecular complexity index is 561. The highest BCUT2D eigenvalue weighted by Gasteiger charge is 2.33. The molecule has 0 saturated carbocycles. The van der Waals surface area contributed by atoms with Crippen LogP contribution in [0.15, 0.2) is 18.5 Å². The number of carbonyl (C=O) groups is 2. The van der Waals surface area contributed by atoms with Crippen LogP contribution in [-0.4, -0.2) is 22.8 Å². The number of halogens is 3. The highest BCUT2D eigenvalue weighted by molar-refractivity contribution is 5.87. The van der Waals surface area contributed by atoms with Gasteiger partial charge in [0.25, 0.3) is 0 Å². The monoisotopic (exact) mass is 315 g/mol. The Morgan fingerprint density at radius 1 is 1.41 bits per heavy atom. The SMILES string of the molecule is O=C1CCCCC(C(=O)NCc2ccncc2C(F)(F)F)N1. The van der Waals surface area contributed by atoms with Gasteiger partial charge in [0.15, 0.2) is 0 Å². The summed E-state index contributed by atoms with van der Waals surface area (Å²) in [6.07, 6.45) is -0.269. The minimum atomic E-state index is -4.52. The molecule has 0 bridgehead atoms. The van der Waals surface area contributed by atoms with Gasteiger partial charge in [0.1, 0.15) is 6.04 Å². The smallest absolute Gasteiger partial charge is 0.350 e. The average Bonchev–Trinajstić information content (AvgIpc) is 2.69. The van der Waals surface area contributed by atoms with Crippen molar-refractivity contribution in [2.24, 2.45) is 0 Å². The minimum absolute atomic E-state index is 0.0594. The summed E-state index contributed by atoms with van der Waals surface area (Å²) in [7, 11) is 0. The zero-order valence-corrected chi connectivity index (χ0v) is 11.7. The van der Waals surface area contributed by atoms with Crippen LogP contribution in [0.3, 0.4) is 0 Å². The fourth-order valence-corrected chi connectivity index (χ4v) is 2.31. The Morgan fingerprint density at radius 2 is 2.18 bits per heavy atom. The molecule has 5 nitrogen and oxygen atoms in total. The molecule has 0 spiro atoms. The van der Waals surface area contributed by atoms with Gasteiger partial charge in [-0.3, -0.25) is 14.6 Å². The van der Waals surface area contributed by atoms with E-state index in [0.717, 1.165) is 12.6 Å². The average molecular weight is 315 g/mol. The maximum absolute atomic E-state index is 12.8. The van der Waals surface area contributed by atoms with Crippen LogP contribution in [0.25, 0.3) is 0 Å². The zero-order valence-electron chi connectivity index (χ0n) is 11.7. The highest BCUT2D eigenvalue weighted by atomic mass is 19.4. The summed E-state index contributed by atoms with van der Waals surface area (Å²) < 4.78 is 38.5. The quantitative estimate of drug-likeness (QED) is 0.893. The van der Waals surface area contributed by atoms with Crippen LogP contribution < -0.4 is 10.6 Å². The van der Waals surface area contributed by atoms with Crippen LogP contribution in [0.1, 0.15) is 36.8 Å². The molecule has 2 amide bonds. The van der Waals surface area contributed by atoms with Crippen molar-refractivity contribution in [3.05, 3.63) is 29.6 Å². The van der Waals surface area contributed by atoms with Gasteiger partial charge in [-0.05, 0) is 24.5 Å². The predicted octanol–water partition coefficient (Wildman–Crippen LogP) is 1.78. The zero-order chi connectivity index (χ0) is 16.2. The molecule has 1 aliphatic rings. The van der Waals surface area contributed by atoms with Crippen molar-refractivity contribution in [3.8, 4) is 0 Å². The Balaban J connectivity index is 2.01. The Labute approximate surface area is 125 Å². The minimum Gasteiger partial charge on any atom is -0.350 e. The second-order valence-corrected chi connectivity index (χ2v) is 5.11. The van der Waals surface area contributed by atoms with E-state index in [9.17, 15) is 22.8 Å². The molecule has 8 heteroatoms. The van der Waals surface area contributed by atoms with Crippen molar-refractivity contribution >= 4 is 11.8 Å². The predicted molar refractivity (Wildman–Crippen MR) is 71.5 cm³/mol. The largest absolute Gasteiger partial charge is 0.418 e.